The summed E-state index contributed by atoms with van der Waals surface area (Å²) in [5, 5.41) is 1.63. The largest absolute Gasteiger partial charge is 0.309 e. The summed E-state index contributed by atoms with van der Waals surface area (Å²) in [4.78, 5) is 0. The second-order valence-electron chi connectivity index (χ2n) is 5.17. The molecule has 0 amide bonds. The van der Waals surface area contributed by atoms with Gasteiger partial charge in [-0.2, -0.15) is 0 Å². The SMILES string of the molecule is C=C(C)C#C/C(C)=C/P(=O)(c1ccccc1)c1ccccc1. The summed E-state index contributed by atoms with van der Waals surface area (Å²) < 4.78 is 13.7. The molecule has 0 aliphatic carbocycles. The topological polar surface area (TPSA) is 17.1 Å². The predicted octanol–water partition coefficient (Wildman–Crippen LogP) is 4.48. The molecule has 0 aromatic heterocycles. The number of hydrogen-bond donors (Lipinski definition) is 0. The Bertz CT molecular complexity index is 746. The standard InChI is InChI=1S/C20H19OP/c1-17(2)14-15-18(3)16-22(21,19-10-6-4-7-11-19)20-12-8-5-9-13-20/h4-13,16H,1H2,2-3H3/b18-16+. The highest BCUT2D eigenvalue weighted by Gasteiger charge is 2.24. The van der Waals surface area contributed by atoms with Gasteiger partial charge in [-0.1, -0.05) is 79.1 Å². The molecule has 0 heterocycles. The molecule has 0 saturated carbocycles. The van der Waals surface area contributed by atoms with Crippen LogP contribution in [0.2, 0.25) is 0 Å². The van der Waals surface area contributed by atoms with Gasteiger partial charge >= 0.3 is 0 Å². The van der Waals surface area contributed by atoms with Crippen molar-refractivity contribution in [2.45, 2.75) is 13.8 Å². The van der Waals surface area contributed by atoms with Gasteiger partial charge in [0, 0.05) is 16.2 Å². The molecule has 0 bridgehead atoms. The van der Waals surface area contributed by atoms with E-state index in [9.17, 15) is 4.57 Å². The Morgan fingerprint density at radius 1 is 0.909 bits per heavy atom. The smallest absolute Gasteiger partial charge is 0.165 e. The van der Waals surface area contributed by atoms with Crippen LogP contribution in [0.25, 0.3) is 0 Å². The van der Waals surface area contributed by atoms with Gasteiger partial charge < -0.3 is 4.57 Å². The van der Waals surface area contributed by atoms with Crippen molar-refractivity contribution in [3.63, 3.8) is 0 Å². The predicted molar refractivity (Wildman–Crippen MR) is 96.1 cm³/mol. The minimum absolute atomic E-state index is 0.791. The van der Waals surface area contributed by atoms with Crippen LogP contribution in [0.4, 0.5) is 0 Å². The first-order valence-corrected chi connectivity index (χ1v) is 8.88. The van der Waals surface area contributed by atoms with Crippen LogP contribution >= 0.6 is 7.14 Å². The average Bonchev–Trinajstić information content (AvgIpc) is 2.54. The zero-order chi connectivity index (χ0) is 16.0. The molecule has 0 atom stereocenters. The van der Waals surface area contributed by atoms with Crippen LogP contribution in [0.3, 0.4) is 0 Å². The fraction of sp³-hybridized carbons (Fsp3) is 0.100. The van der Waals surface area contributed by atoms with Gasteiger partial charge in [-0.3, -0.25) is 0 Å². The lowest BCUT2D eigenvalue weighted by Gasteiger charge is -2.15. The lowest BCUT2D eigenvalue weighted by Crippen LogP contribution is -2.14. The average molecular weight is 306 g/mol. The molecular formula is C20H19OP. The summed E-state index contributed by atoms with van der Waals surface area (Å²) in [5.74, 6) is 7.75. The van der Waals surface area contributed by atoms with E-state index in [-0.39, 0.29) is 0 Å². The first kappa shape index (κ1) is 16.1. The van der Waals surface area contributed by atoms with Crippen LogP contribution in [0.1, 0.15) is 13.8 Å². The minimum Gasteiger partial charge on any atom is -0.309 e. The quantitative estimate of drug-likeness (QED) is 0.603. The van der Waals surface area contributed by atoms with Crippen molar-refractivity contribution < 1.29 is 4.57 Å². The molecule has 0 N–H and O–H groups in total. The van der Waals surface area contributed by atoms with E-state index in [4.69, 9.17) is 0 Å². The summed E-state index contributed by atoms with van der Waals surface area (Å²) in [7, 11) is -2.83. The molecule has 2 aromatic carbocycles. The van der Waals surface area contributed by atoms with Gasteiger partial charge in [0.15, 0.2) is 7.14 Å². The van der Waals surface area contributed by atoms with Crippen LogP contribution in [0, 0.1) is 11.8 Å². The number of benzene rings is 2. The third-order valence-corrected chi connectivity index (χ3v) is 6.01. The summed E-state index contributed by atoms with van der Waals surface area (Å²) in [6.45, 7) is 7.51. The maximum absolute atomic E-state index is 13.7. The van der Waals surface area contributed by atoms with Gasteiger partial charge in [0.25, 0.3) is 0 Å². The van der Waals surface area contributed by atoms with Crippen molar-refractivity contribution in [1.29, 1.82) is 0 Å². The van der Waals surface area contributed by atoms with E-state index < -0.39 is 7.14 Å². The zero-order valence-corrected chi connectivity index (χ0v) is 13.8. The highest BCUT2D eigenvalue weighted by Crippen LogP contribution is 2.45. The van der Waals surface area contributed by atoms with Crippen LogP contribution in [-0.2, 0) is 4.57 Å². The fourth-order valence-corrected chi connectivity index (χ4v) is 4.54. The van der Waals surface area contributed by atoms with Crippen LogP contribution in [0.15, 0.2) is 84.2 Å². The Morgan fingerprint density at radius 2 is 1.36 bits per heavy atom. The van der Waals surface area contributed by atoms with Gasteiger partial charge in [-0.15, -0.1) is 0 Å². The van der Waals surface area contributed by atoms with Gasteiger partial charge in [-0.25, -0.2) is 0 Å². The molecule has 110 valence electrons. The second-order valence-corrected chi connectivity index (χ2v) is 7.78. The highest BCUT2D eigenvalue weighted by molar-refractivity contribution is 7.81. The first-order chi connectivity index (χ1) is 10.5. The minimum atomic E-state index is -2.83. The van der Waals surface area contributed by atoms with Crippen molar-refractivity contribution in [2.75, 3.05) is 0 Å². The van der Waals surface area contributed by atoms with Crippen molar-refractivity contribution >= 4 is 17.8 Å². The number of rotatable bonds is 3. The molecule has 0 radical (unpaired) electrons. The van der Waals surface area contributed by atoms with Crippen molar-refractivity contribution in [1.82, 2.24) is 0 Å². The Balaban J connectivity index is 2.58. The summed E-state index contributed by atoms with van der Waals surface area (Å²) in [6.07, 6.45) is 0. The molecule has 22 heavy (non-hydrogen) atoms. The monoisotopic (exact) mass is 306 g/mol. The molecule has 0 unspecified atom stereocenters. The molecule has 2 aromatic rings. The van der Waals surface area contributed by atoms with Crippen LogP contribution in [-0.4, -0.2) is 0 Å². The third kappa shape index (κ3) is 3.88. The molecule has 2 heteroatoms. The van der Waals surface area contributed by atoms with Gasteiger partial charge in [-0.05, 0) is 25.2 Å². The van der Waals surface area contributed by atoms with E-state index in [1.54, 1.807) is 5.82 Å². The van der Waals surface area contributed by atoms with E-state index in [2.05, 4.69) is 18.4 Å². The molecule has 0 saturated heterocycles. The normalized spacial score (nSPS) is 11.5. The molecular weight excluding hydrogens is 287 g/mol. The maximum atomic E-state index is 13.7. The lowest BCUT2D eigenvalue weighted by atomic mass is 10.3. The molecule has 1 nitrogen and oxygen atoms in total. The van der Waals surface area contributed by atoms with Gasteiger partial charge in [0.2, 0.25) is 0 Å². The summed E-state index contributed by atoms with van der Waals surface area (Å²) in [5.41, 5.74) is 1.58. The molecule has 0 aliphatic rings. The van der Waals surface area contributed by atoms with Gasteiger partial charge in [0.05, 0.1) is 0 Å². The molecule has 2 rings (SSSR count). The van der Waals surface area contributed by atoms with Crippen molar-refractivity contribution in [3.8, 4) is 11.8 Å². The van der Waals surface area contributed by atoms with Crippen LogP contribution < -0.4 is 10.6 Å². The Labute approximate surface area is 132 Å². The Kier molecular flexibility index (Phi) is 5.21. The van der Waals surface area contributed by atoms with Crippen molar-refractivity contribution in [3.05, 3.63) is 84.2 Å². The number of hydrogen-bond acceptors (Lipinski definition) is 1. The summed E-state index contributed by atoms with van der Waals surface area (Å²) in [6, 6.07) is 19.1. The Morgan fingerprint density at radius 3 is 1.77 bits per heavy atom. The second kappa shape index (κ2) is 7.12. The Hall–Kier alpha value is -2.29. The molecule has 0 aliphatic heterocycles. The highest BCUT2D eigenvalue weighted by atomic mass is 31.2. The van der Waals surface area contributed by atoms with Crippen molar-refractivity contribution in [2.24, 2.45) is 0 Å². The van der Waals surface area contributed by atoms with E-state index in [0.717, 1.165) is 21.8 Å². The summed E-state index contributed by atoms with van der Waals surface area (Å²) >= 11 is 0. The van der Waals surface area contributed by atoms with E-state index in [0.29, 0.717) is 0 Å². The van der Waals surface area contributed by atoms with Crippen LogP contribution in [0.5, 0.6) is 0 Å². The lowest BCUT2D eigenvalue weighted by molar-refractivity contribution is 0.592. The molecule has 0 fully saturated rings. The van der Waals surface area contributed by atoms with E-state index in [1.807, 2.05) is 74.5 Å². The van der Waals surface area contributed by atoms with E-state index >= 15 is 0 Å². The van der Waals surface area contributed by atoms with E-state index in [1.165, 1.54) is 0 Å². The fourth-order valence-electron chi connectivity index (χ4n) is 2.11. The maximum Gasteiger partial charge on any atom is 0.165 e. The molecule has 0 spiro atoms. The zero-order valence-electron chi connectivity index (χ0n) is 12.9. The van der Waals surface area contributed by atoms with Gasteiger partial charge in [0.1, 0.15) is 0 Å². The number of allylic oxidation sites excluding steroid dienone is 2. The third-order valence-electron chi connectivity index (χ3n) is 3.13. The first-order valence-electron chi connectivity index (χ1n) is 7.10.